The number of para-hydroxylation sites is 4. The third-order valence-electron chi connectivity index (χ3n) is 7.41. The molecule has 0 bridgehead atoms. The van der Waals surface area contributed by atoms with Crippen LogP contribution in [0, 0.1) is 5.41 Å². The normalized spacial score (nSPS) is 10.9. The van der Waals surface area contributed by atoms with E-state index in [-0.39, 0.29) is 13.2 Å². The summed E-state index contributed by atoms with van der Waals surface area (Å²) in [6, 6.07) is 30.7. The lowest BCUT2D eigenvalue weighted by Crippen LogP contribution is -2.46. The first-order valence-corrected chi connectivity index (χ1v) is 15.9. The van der Waals surface area contributed by atoms with Gasteiger partial charge in [-0.2, -0.15) is 0 Å². The number of rotatable bonds is 13. The Bertz CT molecular complexity index is 2040. The molecule has 0 unspecified atom stereocenters. The molecule has 0 saturated heterocycles. The molecule has 13 heteroatoms. The maximum Gasteiger partial charge on any atom is 0.235 e. The number of nitrogens with one attached hydrogen (secondary N) is 3. The van der Waals surface area contributed by atoms with Crippen molar-refractivity contribution in [2.45, 2.75) is 13.8 Å². The summed E-state index contributed by atoms with van der Waals surface area (Å²) >= 11 is 0. The van der Waals surface area contributed by atoms with Crippen LogP contribution in [0.3, 0.4) is 0 Å². The van der Waals surface area contributed by atoms with Crippen molar-refractivity contribution in [1.29, 1.82) is 0 Å². The molecule has 13 nitrogen and oxygen atoms in total. The Labute approximate surface area is 289 Å². The van der Waals surface area contributed by atoms with Crippen LogP contribution in [-0.4, -0.2) is 58.1 Å². The number of benzene rings is 4. The van der Waals surface area contributed by atoms with E-state index in [2.05, 4.69) is 35.9 Å². The number of ether oxygens (including phenoxy) is 2. The fraction of sp³-hybridized carbons (Fsp3) is 0.189. The number of primary amides is 1. The number of nitrogens with two attached hydrogens (primary N) is 2. The van der Waals surface area contributed by atoms with Crippen LogP contribution in [0.25, 0.3) is 21.8 Å². The highest BCUT2D eigenvalue weighted by Gasteiger charge is 2.33. The first-order chi connectivity index (χ1) is 24.2. The molecule has 0 atom stereocenters. The van der Waals surface area contributed by atoms with Crippen LogP contribution in [0.2, 0.25) is 0 Å². The predicted octanol–water partition coefficient (Wildman–Crippen LogP) is 5.09. The van der Waals surface area contributed by atoms with E-state index in [4.69, 9.17) is 20.9 Å². The van der Waals surface area contributed by atoms with Gasteiger partial charge in [-0.1, -0.05) is 60.7 Å². The molecule has 0 aliphatic heterocycles. The van der Waals surface area contributed by atoms with E-state index in [9.17, 15) is 9.59 Å². The van der Waals surface area contributed by atoms with E-state index in [1.54, 1.807) is 18.5 Å². The van der Waals surface area contributed by atoms with E-state index in [0.717, 1.165) is 33.4 Å². The van der Waals surface area contributed by atoms with Gasteiger partial charge in [-0.3, -0.25) is 9.59 Å². The third kappa shape index (κ3) is 9.17. The van der Waals surface area contributed by atoms with Crippen LogP contribution in [0.15, 0.2) is 109 Å². The highest BCUT2D eigenvalue weighted by molar-refractivity contribution is 6.03. The molecule has 0 aliphatic rings. The monoisotopic (exact) mass is 673 g/mol. The van der Waals surface area contributed by atoms with Gasteiger partial charge in [0, 0.05) is 41.1 Å². The minimum atomic E-state index is -1.27. The lowest BCUT2D eigenvalue weighted by atomic mass is 9.91. The largest absolute Gasteiger partial charge is 0.490 e. The SMILES string of the molecule is CC(C)(C(N)=O)C(=O)NCCOc1cccc2cnc(Nc3ccccc3)nc12.NCCOc1cccc2cnc(Nc3ccccc3)nc12. The minimum Gasteiger partial charge on any atom is -0.490 e. The maximum absolute atomic E-state index is 12.1. The van der Waals surface area contributed by atoms with Crippen molar-refractivity contribution in [3.8, 4) is 11.5 Å². The van der Waals surface area contributed by atoms with Crippen LogP contribution in [0.1, 0.15) is 13.8 Å². The molecule has 0 saturated carbocycles. The van der Waals surface area contributed by atoms with Gasteiger partial charge in [-0.25, -0.2) is 19.9 Å². The minimum absolute atomic E-state index is 0.213. The highest BCUT2D eigenvalue weighted by Crippen LogP contribution is 2.26. The van der Waals surface area contributed by atoms with Crippen molar-refractivity contribution in [1.82, 2.24) is 25.3 Å². The predicted molar refractivity (Wildman–Crippen MR) is 195 cm³/mol. The molecule has 50 heavy (non-hydrogen) atoms. The summed E-state index contributed by atoms with van der Waals surface area (Å²) in [6.07, 6.45) is 3.50. The molecule has 2 aromatic heterocycles. The Hall–Kier alpha value is -6.34. The zero-order chi connectivity index (χ0) is 35.3. The van der Waals surface area contributed by atoms with Crippen LogP contribution >= 0.6 is 0 Å². The van der Waals surface area contributed by atoms with Crippen LogP contribution in [-0.2, 0) is 9.59 Å². The molecule has 6 aromatic rings. The second kappa shape index (κ2) is 16.7. The molecule has 0 spiro atoms. The van der Waals surface area contributed by atoms with Gasteiger partial charge in [-0.15, -0.1) is 0 Å². The molecule has 256 valence electrons. The average molecular weight is 674 g/mol. The van der Waals surface area contributed by atoms with Gasteiger partial charge in [0.15, 0.2) is 0 Å². The summed E-state index contributed by atoms with van der Waals surface area (Å²) < 4.78 is 11.4. The van der Waals surface area contributed by atoms with E-state index < -0.39 is 17.2 Å². The van der Waals surface area contributed by atoms with Crippen LogP contribution in [0.5, 0.6) is 11.5 Å². The molecular formula is C37H39N9O4. The lowest BCUT2D eigenvalue weighted by molar-refractivity contribution is -0.139. The molecule has 0 radical (unpaired) electrons. The van der Waals surface area contributed by atoms with E-state index in [0.29, 0.717) is 36.3 Å². The summed E-state index contributed by atoms with van der Waals surface area (Å²) in [5.74, 6) is 1.16. The van der Waals surface area contributed by atoms with Gasteiger partial charge in [0.05, 0.1) is 6.54 Å². The van der Waals surface area contributed by atoms with Crippen molar-refractivity contribution in [2.24, 2.45) is 16.9 Å². The third-order valence-corrected chi connectivity index (χ3v) is 7.41. The Morgan fingerprint density at radius 2 is 1.16 bits per heavy atom. The Morgan fingerprint density at radius 3 is 1.62 bits per heavy atom. The average Bonchev–Trinajstić information content (AvgIpc) is 3.13. The van der Waals surface area contributed by atoms with Gasteiger partial charge in [-0.05, 0) is 50.2 Å². The first-order valence-electron chi connectivity index (χ1n) is 15.9. The van der Waals surface area contributed by atoms with Crippen molar-refractivity contribution >= 4 is 56.9 Å². The maximum atomic E-state index is 12.1. The zero-order valence-corrected chi connectivity index (χ0v) is 27.8. The number of anilines is 4. The quantitative estimate of drug-likeness (QED) is 0.0810. The number of carbonyl (C=O) groups is 2. The van der Waals surface area contributed by atoms with Crippen molar-refractivity contribution in [3.63, 3.8) is 0 Å². The van der Waals surface area contributed by atoms with Crippen LogP contribution < -0.4 is 36.9 Å². The molecule has 0 aliphatic carbocycles. The van der Waals surface area contributed by atoms with Gasteiger partial charge in [0.25, 0.3) is 0 Å². The number of hydrogen-bond donors (Lipinski definition) is 5. The fourth-order valence-corrected chi connectivity index (χ4v) is 4.54. The molecule has 2 heterocycles. The molecule has 4 aromatic carbocycles. The number of fused-ring (bicyclic) bond motifs is 2. The van der Waals surface area contributed by atoms with Crippen molar-refractivity contribution in [2.75, 3.05) is 36.9 Å². The van der Waals surface area contributed by atoms with Gasteiger partial charge in [0.2, 0.25) is 23.7 Å². The van der Waals surface area contributed by atoms with E-state index >= 15 is 0 Å². The second-order valence-electron chi connectivity index (χ2n) is 11.5. The molecule has 2 amide bonds. The summed E-state index contributed by atoms with van der Waals surface area (Å²) in [4.78, 5) is 41.1. The Balaban J connectivity index is 0.000000204. The molecule has 7 N–H and O–H groups in total. The smallest absolute Gasteiger partial charge is 0.235 e. The summed E-state index contributed by atoms with van der Waals surface area (Å²) in [6.45, 7) is 4.33. The Morgan fingerprint density at radius 1 is 0.680 bits per heavy atom. The van der Waals surface area contributed by atoms with Gasteiger partial charge >= 0.3 is 0 Å². The van der Waals surface area contributed by atoms with Crippen molar-refractivity contribution < 1.29 is 19.1 Å². The van der Waals surface area contributed by atoms with E-state index in [1.165, 1.54) is 13.8 Å². The number of nitrogens with zero attached hydrogens (tertiary/aromatic N) is 4. The number of carbonyl (C=O) groups excluding carboxylic acids is 2. The van der Waals surface area contributed by atoms with Crippen LogP contribution in [0.4, 0.5) is 23.3 Å². The number of hydrogen-bond acceptors (Lipinski definition) is 11. The number of aromatic nitrogens is 4. The van der Waals surface area contributed by atoms with Crippen molar-refractivity contribution in [3.05, 3.63) is 109 Å². The van der Waals surface area contributed by atoms with Gasteiger partial charge < -0.3 is 36.9 Å². The summed E-state index contributed by atoms with van der Waals surface area (Å²) in [5, 5.41) is 10.8. The summed E-state index contributed by atoms with van der Waals surface area (Å²) in [7, 11) is 0. The zero-order valence-electron chi connectivity index (χ0n) is 27.8. The van der Waals surface area contributed by atoms with E-state index in [1.807, 2.05) is 91.0 Å². The Kier molecular flexibility index (Phi) is 11.7. The summed E-state index contributed by atoms with van der Waals surface area (Å²) in [5.41, 5.74) is 12.7. The first kappa shape index (κ1) is 35.0. The molecule has 6 rings (SSSR count). The highest BCUT2D eigenvalue weighted by atomic mass is 16.5. The topological polar surface area (TPSA) is 192 Å². The molecule has 0 fully saturated rings. The number of amides is 2. The second-order valence-corrected chi connectivity index (χ2v) is 11.5. The van der Waals surface area contributed by atoms with Gasteiger partial charge in [0.1, 0.15) is 41.2 Å². The standard InChI is InChI=1S/C21H23N5O3.C16H16N4O/c1-21(2,18(22)27)19(28)23-11-12-29-16-10-6-7-14-13-24-20(26-17(14)16)25-15-8-4-3-5-9-15;17-9-10-21-14-8-4-5-12-11-18-16(20-15(12)14)19-13-6-2-1-3-7-13/h3-10,13H,11-12H2,1-2H3,(H2,22,27)(H,23,28)(H,24,25,26);1-8,11H,9-10,17H2,(H,18,19,20). The molecular weight excluding hydrogens is 634 g/mol. The fourth-order valence-electron chi connectivity index (χ4n) is 4.54. The lowest BCUT2D eigenvalue weighted by Gasteiger charge is -2.19.